The third kappa shape index (κ3) is 14.1. The van der Waals surface area contributed by atoms with Gasteiger partial charge in [-0.25, -0.2) is 0 Å². The first-order valence-electron chi connectivity index (χ1n) is 18.9. The molecule has 58 heavy (non-hydrogen) atoms. The quantitative estimate of drug-likeness (QED) is 0.0267. The lowest BCUT2D eigenvalue weighted by molar-refractivity contribution is -0.137. The Balaban J connectivity index is 1.07. The molecule has 0 bridgehead atoms. The molecule has 17 heteroatoms. The number of carboxylic acid groups (broad SMARTS) is 1. The Labute approximate surface area is 335 Å². The number of aliphatic carboxylic acids is 1. The van der Waals surface area contributed by atoms with Crippen LogP contribution in [0.15, 0.2) is 95.0 Å². The van der Waals surface area contributed by atoms with Crippen LogP contribution in [0.25, 0.3) is 32.3 Å². The van der Waals surface area contributed by atoms with Crippen molar-refractivity contribution in [2.24, 2.45) is 10.1 Å². The Morgan fingerprint density at radius 2 is 1.52 bits per heavy atom. The van der Waals surface area contributed by atoms with Crippen molar-refractivity contribution in [2.45, 2.75) is 12.5 Å². The van der Waals surface area contributed by atoms with Gasteiger partial charge in [0.15, 0.2) is 5.96 Å². The maximum absolute atomic E-state index is 12.9. The molecule has 1 heterocycles. The standard InChI is InChI=1S/C41H48N8O9/c42-49-46-16-17-54-18-19-55-20-21-56-22-23-57-24-25-58-37-13-12-33(34-6-1-2-7-35(34)37)29-8-10-30(11-9-29)36(27-39(51)52)48-38(50)28-45-40(53)31-4-3-5-32(26-31)47-41-43-14-15-44-41/h1-13,26,36H,14-25,27-28H2,(H,45,53)(H,48,50)(H,51,52)(H2,43,44,47). The van der Waals surface area contributed by atoms with E-state index >= 15 is 0 Å². The molecule has 0 aliphatic carbocycles. The second kappa shape index (κ2) is 23.7. The fourth-order valence-electron chi connectivity index (χ4n) is 5.96. The Morgan fingerprint density at radius 1 is 0.828 bits per heavy atom. The Bertz CT molecular complexity index is 2040. The minimum absolute atomic E-state index is 0.300. The summed E-state index contributed by atoms with van der Waals surface area (Å²) in [6.45, 7) is 5.04. The van der Waals surface area contributed by atoms with Crippen molar-refractivity contribution in [1.82, 2.24) is 16.0 Å². The molecule has 4 aromatic carbocycles. The lowest BCUT2D eigenvalue weighted by Gasteiger charge is -2.19. The van der Waals surface area contributed by atoms with Crippen LogP contribution < -0.4 is 26.0 Å². The number of carbonyl (C=O) groups is 3. The summed E-state index contributed by atoms with van der Waals surface area (Å²) in [5, 5.41) is 26.5. The average Bonchev–Trinajstić information content (AvgIpc) is 3.75. The second-order valence-corrected chi connectivity index (χ2v) is 12.8. The molecule has 0 radical (unpaired) electrons. The Kier molecular flexibility index (Phi) is 17.6. The van der Waals surface area contributed by atoms with Crippen LogP contribution in [0.5, 0.6) is 5.75 Å². The van der Waals surface area contributed by atoms with Crippen LogP contribution in [0.1, 0.15) is 28.4 Å². The zero-order valence-corrected chi connectivity index (χ0v) is 32.1. The fourth-order valence-corrected chi connectivity index (χ4v) is 5.96. The number of azide groups is 1. The maximum Gasteiger partial charge on any atom is 0.305 e. The number of rotatable bonds is 25. The SMILES string of the molecule is [N-]=[N+]=NCCOCCOCCOCCOCCOc1ccc(-c2ccc(C(CC(=O)O)NC(=O)CNC(=O)c3cccc(NC4=NCCN4)c3)cc2)c2ccccc12. The molecular weight excluding hydrogens is 748 g/mol. The lowest BCUT2D eigenvalue weighted by atomic mass is 9.95. The highest BCUT2D eigenvalue weighted by atomic mass is 16.6. The molecule has 5 rings (SSSR count). The highest BCUT2D eigenvalue weighted by Gasteiger charge is 2.20. The minimum atomic E-state index is -1.08. The van der Waals surface area contributed by atoms with E-state index in [1.54, 1.807) is 36.4 Å². The summed E-state index contributed by atoms with van der Waals surface area (Å²) in [5.41, 5.74) is 11.7. The molecule has 5 N–H and O–H groups in total. The van der Waals surface area contributed by atoms with Crippen molar-refractivity contribution in [2.75, 3.05) is 91.0 Å². The van der Waals surface area contributed by atoms with Crippen molar-refractivity contribution in [3.63, 3.8) is 0 Å². The van der Waals surface area contributed by atoms with Gasteiger partial charge in [-0.3, -0.25) is 19.4 Å². The van der Waals surface area contributed by atoms with E-state index in [1.165, 1.54) is 0 Å². The zero-order chi connectivity index (χ0) is 40.8. The summed E-state index contributed by atoms with van der Waals surface area (Å²) in [5.74, 6) is -0.707. The smallest absolute Gasteiger partial charge is 0.305 e. The first kappa shape index (κ1) is 42.9. The molecule has 0 saturated heterocycles. The largest absolute Gasteiger partial charge is 0.491 e. The molecule has 1 atom stereocenters. The van der Waals surface area contributed by atoms with Gasteiger partial charge in [0, 0.05) is 34.6 Å². The van der Waals surface area contributed by atoms with Crippen LogP contribution in [0.4, 0.5) is 5.69 Å². The van der Waals surface area contributed by atoms with E-state index in [4.69, 9.17) is 29.2 Å². The third-order valence-electron chi connectivity index (χ3n) is 8.69. The van der Waals surface area contributed by atoms with Crippen molar-refractivity contribution >= 4 is 40.2 Å². The number of guanidine groups is 1. The molecule has 0 spiro atoms. The van der Waals surface area contributed by atoms with Crippen molar-refractivity contribution in [3.05, 3.63) is 106 Å². The van der Waals surface area contributed by atoms with E-state index < -0.39 is 23.8 Å². The second-order valence-electron chi connectivity index (χ2n) is 12.8. The summed E-state index contributed by atoms with van der Waals surface area (Å²) < 4.78 is 28.0. The molecule has 1 unspecified atom stereocenters. The molecule has 2 amide bonds. The third-order valence-corrected chi connectivity index (χ3v) is 8.69. The number of anilines is 1. The van der Waals surface area contributed by atoms with E-state index in [9.17, 15) is 19.5 Å². The monoisotopic (exact) mass is 796 g/mol. The van der Waals surface area contributed by atoms with Crippen LogP contribution in [-0.4, -0.2) is 114 Å². The topological polar surface area (TPSA) is 227 Å². The predicted molar refractivity (Wildman–Crippen MR) is 218 cm³/mol. The summed E-state index contributed by atoms with van der Waals surface area (Å²) in [6, 6.07) is 25.2. The number of hydrogen-bond donors (Lipinski definition) is 5. The highest BCUT2D eigenvalue weighted by Crippen LogP contribution is 2.35. The van der Waals surface area contributed by atoms with Gasteiger partial charge in [-0.2, -0.15) is 0 Å². The summed E-state index contributed by atoms with van der Waals surface area (Å²) in [7, 11) is 0. The van der Waals surface area contributed by atoms with E-state index in [2.05, 4.69) is 36.3 Å². The van der Waals surface area contributed by atoms with E-state index in [0.29, 0.717) is 101 Å². The summed E-state index contributed by atoms with van der Waals surface area (Å²) in [4.78, 5) is 44.5. The average molecular weight is 797 g/mol. The summed E-state index contributed by atoms with van der Waals surface area (Å²) >= 11 is 0. The highest BCUT2D eigenvalue weighted by molar-refractivity contribution is 6.01. The van der Waals surface area contributed by atoms with Gasteiger partial charge in [0.2, 0.25) is 5.91 Å². The molecule has 4 aromatic rings. The number of nitrogens with one attached hydrogen (secondary N) is 4. The van der Waals surface area contributed by atoms with Crippen LogP contribution >= 0.6 is 0 Å². The maximum atomic E-state index is 12.9. The molecule has 0 aromatic heterocycles. The number of carboxylic acids is 1. The van der Waals surface area contributed by atoms with Gasteiger partial charge < -0.3 is 50.1 Å². The van der Waals surface area contributed by atoms with Gasteiger partial charge in [-0.05, 0) is 51.9 Å². The number of fused-ring (bicyclic) bond motifs is 1. The first-order chi connectivity index (χ1) is 28.4. The molecule has 0 fully saturated rings. The molecule has 17 nitrogen and oxygen atoms in total. The van der Waals surface area contributed by atoms with Crippen molar-refractivity contribution in [1.29, 1.82) is 0 Å². The molecule has 306 valence electrons. The van der Waals surface area contributed by atoms with Gasteiger partial charge in [0.1, 0.15) is 12.4 Å². The van der Waals surface area contributed by atoms with Gasteiger partial charge in [0.05, 0.1) is 78.4 Å². The molecule has 0 saturated carbocycles. The van der Waals surface area contributed by atoms with E-state index in [1.807, 2.05) is 48.5 Å². The fraction of sp³-hybridized carbons (Fsp3) is 0.366. The van der Waals surface area contributed by atoms with Crippen LogP contribution in [0.3, 0.4) is 0 Å². The zero-order valence-electron chi connectivity index (χ0n) is 32.1. The molecule has 1 aliphatic heterocycles. The van der Waals surface area contributed by atoms with Crippen molar-refractivity contribution < 1.29 is 43.2 Å². The Hall–Kier alpha value is -6.23. The van der Waals surface area contributed by atoms with E-state index in [0.717, 1.165) is 28.4 Å². The summed E-state index contributed by atoms with van der Waals surface area (Å²) in [6.07, 6.45) is -0.342. The number of nitrogens with zero attached hydrogens (tertiary/aromatic N) is 4. The van der Waals surface area contributed by atoms with Crippen LogP contribution in [-0.2, 0) is 28.5 Å². The lowest BCUT2D eigenvalue weighted by Crippen LogP contribution is -2.39. The Morgan fingerprint density at radius 3 is 2.19 bits per heavy atom. The van der Waals surface area contributed by atoms with E-state index in [-0.39, 0.29) is 13.0 Å². The van der Waals surface area contributed by atoms with Gasteiger partial charge in [0.25, 0.3) is 5.91 Å². The minimum Gasteiger partial charge on any atom is -0.491 e. The van der Waals surface area contributed by atoms with Crippen molar-refractivity contribution in [3.8, 4) is 16.9 Å². The number of carbonyl (C=O) groups excluding carboxylic acids is 2. The number of ether oxygens (including phenoxy) is 5. The first-order valence-corrected chi connectivity index (χ1v) is 18.9. The number of aliphatic imine (C=N–C) groups is 1. The number of hydrogen-bond acceptors (Lipinski definition) is 12. The predicted octanol–water partition coefficient (Wildman–Crippen LogP) is 4.70. The van der Waals surface area contributed by atoms with Gasteiger partial charge >= 0.3 is 5.97 Å². The number of amides is 2. The number of benzene rings is 4. The molecular formula is C41H48N8O9. The van der Waals surface area contributed by atoms with Crippen LogP contribution in [0.2, 0.25) is 0 Å². The normalized spacial score (nSPS) is 12.5. The molecule has 1 aliphatic rings. The van der Waals surface area contributed by atoms with Crippen LogP contribution in [0, 0.1) is 0 Å². The van der Waals surface area contributed by atoms with Gasteiger partial charge in [-0.15, -0.1) is 0 Å². The van der Waals surface area contributed by atoms with Gasteiger partial charge in [-0.1, -0.05) is 65.8 Å².